The molecule has 2 N–H and O–H groups in total. The number of hydrogen-bond donors (Lipinski definition) is 2. The van der Waals surface area contributed by atoms with Gasteiger partial charge in [0.25, 0.3) is 5.69 Å². The predicted octanol–water partition coefficient (Wildman–Crippen LogP) is 3.17. The number of pyridine rings is 1. The molecule has 0 aliphatic heterocycles. The first-order chi connectivity index (χ1) is 10.1. The van der Waals surface area contributed by atoms with Gasteiger partial charge in [-0.1, -0.05) is 12.1 Å². The molecule has 0 aliphatic rings. The number of nitrogens with one attached hydrogen (secondary N) is 2. The van der Waals surface area contributed by atoms with Crippen molar-refractivity contribution in [2.75, 3.05) is 24.3 Å². The van der Waals surface area contributed by atoms with E-state index in [2.05, 4.69) is 15.6 Å². The van der Waals surface area contributed by atoms with Gasteiger partial charge in [-0.25, -0.2) is 4.98 Å². The van der Waals surface area contributed by atoms with Crippen molar-refractivity contribution in [2.45, 2.75) is 6.92 Å². The molecular weight excluding hydrogens is 272 g/mol. The van der Waals surface area contributed by atoms with Crippen molar-refractivity contribution < 1.29 is 9.66 Å². The molecule has 1 heterocycles. The number of anilines is 3. The van der Waals surface area contributed by atoms with Crippen molar-refractivity contribution in [3.8, 4) is 5.75 Å². The average Bonchev–Trinajstić information content (AvgIpc) is 2.48. The summed E-state index contributed by atoms with van der Waals surface area (Å²) in [5, 5.41) is 17.0. The highest BCUT2D eigenvalue weighted by atomic mass is 16.6. The number of benzene rings is 1. The van der Waals surface area contributed by atoms with E-state index in [-0.39, 0.29) is 5.69 Å². The first-order valence-corrected chi connectivity index (χ1v) is 6.44. The third-order valence-corrected chi connectivity index (χ3v) is 2.75. The Kier molecular flexibility index (Phi) is 4.55. The first kappa shape index (κ1) is 14.6. The zero-order valence-electron chi connectivity index (χ0n) is 11.8. The van der Waals surface area contributed by atoms with E-state index in [0.29, 0.717) is 29.6 Å². The molecule has 1 aromatic heterocycles. The Morgan fingerprint density at radius 1 is 1.29 bits per heavy atom. The third kappa shape index (κ3) is 3.59. The lowest BCUT2D eigenvalue weighted by Crippen LogP contribution is -2.04. The molecule has 0 atom stereocenters. The minimum atomic E-state index is -0.448. The van der Waals surface area contributed by atoms with Crippen LogP contribution in [0.2, 0.25) is 0 Å². The molecule has 0 spiro atoms. The van der Waals surface area contributed by atoms with Crippen LogP contribution in [0.25, 0.3) is 0 Å². The second-order valence-corrected chi connectivity index (χ2v) is 4.21. The molecule has 7 nitrogen and oxygen atoms in total. The summed E-state index contributed by atoms with van der Waals surface area (Å²) in [6.45, 7) is 2.52. The van der Waals surface area contributed by atoms with E-state index in [9.17, 15) is 10.1 Å². The van der Waals surface area contributed by atoms with Gasteiger partial charge in [-0.05, 0) is 19.1 Å². The molecule has 0 radical (unpaired) electrons. The largest absolute Gasteiger partial charge is 0.495 e. The molecule has 110 valence electrons. The zero-order chi connectivity index (χ0) is 15.2. The number of nitro groups is 1. The van der Waals surface area contributed by atoms with Gasteiger partial charge in [-0.2, -0.15) is 0 Å². The second-order valence-electron chi connectivity index (χ2n) is 4.21. The van der Waals surface area contributed by atoms with Crippen LogP contribution in [-0.2, 0) is 0 Å². The standard InChI is InChI=1S/C14H16N4O3/c1-3-15-13-8-10(18(19)20)9-14(17-13)16-11-6-4-5-7-12(11)21-2/h4-9H,3H2,1-2H3,(H2,15,16,17). The second kappa shape index (κ2) is 6.56. The summed E-state index contributed by atoms with van der Waals surface area (Å²) < 4.78 is 5.23. The van der Waals surface area contributed by atoms with Crippen LogP contribution in [0.4, 0.5) is 23.0 Å². The molecule has 21 heavy (non-hydrogen) atoms. The number of ether oxygens (including phenoxy) is 1. The van der Waals surface area contributed by atoms with Gasteiger partial charge in [0, 0.05) is 6.54 Å². The lowest BCUT2D eigenvalue weighted by atomic mass is 10.3. The molecule has 1 aromatic carbocycles. The minimum absolute atomic E-state index is 0.0293. The lowest BCUT2D eigenvalue weighted by molar-refractivity contribution is -0.384. The fourth-order valence-corrected chi connectivity index (χ4v) is 1.84. The predicted molar refractivity (Wildman–Crippen MR) is 81.3 cm³/mol. The molecule has 0 bridgehead atoms. The molecule has 0 aliphatic carbocycles. The summed E-state index contributed by atoms with van der Waals surface area (Å²) in [6.07, 6.45) is 0. The number of para-hydroxylation sites is 2. The molecule has 0 fully saturated rings. The maximum atomic E-state index is 11.0. The monoisotopic (exact) mass is 288 g/mol. The van der Waals surface area contributed by atoms with Gasteiger partial charge in [0.05, 0.1) is 29.9 Å². The lowest BCUT2D eigenvalue weighted by Gasteiger charge is -2.11. The number of methoxy groups -OCH3 is 1. The highest BCUT2D eigenvalue weighted by Crippen LogP contribution is 2.28. The van der Waals surface area contributed by atoms with Gasteiger partial charge in [0.2, 0.25) is 0 Å². The van der Waals surface area contributed by atoms with E-state index in [1.807, 2.05) is 25.1 Å². The Balaban J connectivity index is 2.36. The van der Waals surface area contributed by atoms with Crippen molar-refractivity contribution in [3.05, 3.63) is 46.5 Å². The van der Waals surface area contributed by atoms with Crippen LogP contribution < -0.4 is 15.4 Å². The summed E-state index contributed by atoms with van der Waals surface area (Å²) in [5.41, 5.74) is 0.661. The van der Waals surface area contributed by atoms with E-state index < -0.39 is 4.92 Å². The van der Waals surface area contributed by atoms with Crippen molar-refractivity contribution >= 4 is 23.0 Å². The van der Waals surface area contributed by atoms with Crippen LogP contribution in [0, 0.1) is 10.1 Å². The molecule has 7 heteroatoms. The van der Waals surface area contributed by atoms with Gasteiger partial charge < -0.3 is 15.4 Å². The number of hydrogen-bond acceptors (Lipinski definition) is 6. The minimum Gasteiger partial charge on any atom is -0.495 e. The van der Waals surface area contributed by atoms with Crippen LogP contribution in [0.1, 0.15) is 6.92 Å². The summed E-state index contributed by atoms with van der Waals surface area (Å²) in [7, 11) is 1.56. The number of nitrogens with zero attached hydrogens (tertiary/aromatic N) is 2. The Morgan fingerprint density at radius 3 is 2.67 bits per heavy atom. The quantitative estimate of drug-likeness (QED) is 0.627. The van der Waals surface area contributed by atoms with Gasteiger partial charge in [-0.15, -0.1) is 0 Å². The van der Waals surface area contributed by atoms with Crippen molar-refractivity contribution in [3.63, 3.8) is 0 Å². The molecule has 0 saturated carbocycles. The van der Waals surface area contributed by atoms with E-state index >= 15 is 0 Å². The average molecular weight is 288 g/mol. The number of rotatable bonds is 6. The molecule has 2 aromatic rings. The summed E-state index contributed by atoms with van der Waals surface area (Å²) in [4.78, 5) is 14.8. The van der Waals surface area contributed by atoms with Gasteiger partial charge in [0.1, 0.15) is 17.4 Å². The highest BCUT2D eigenvalue weighted by Gasteiger charge is 2.12. The summed E-state index contributed by atoms with van der Waals surface area (Å²) in [6, 6.07) is 10.1. The van der Waals surface area contributed by atoms with E-state index in [4.69, 9.17) is 4.74 Å². The molecule has 0 unspecified atom stereocenters. The molecule has 2 rings (SSSR count). The Bertz CT molecular complexity index is 646. The van der Waals surface area contributed by atoms with Crippen LogP contribution in [0.3, 0.4) is 0 Å². The zero-order valence-corrected chi connectivity index (χ0v) is 11.8. The topological polar surface area (TPSA) is 89.3 Å². The first-order valence-electron chi connectivity index (χ1n) is 6.44. The fourth-order valence-electron chi connectivity index (χ4n) is 1.84. The van der Waals surface area contributed by atoms with Crippen LogP contribution >= 0.6 is 0 Å². The molecule has 0 saturated heterocycles. The van der Waals surface area contributed by atoms with Gasteiger partial charge >= 0.3 is 0 Å². The van der Waals surface area contributed by atoms with E-state index in [0.717, 1.165) is 0 Å². The van der Waals surface area contributed by atoms with E-state index in [1.165, 1.54) is 12.1 Å². The van der Waals surface area contributed by atoms with Crippen LogP contribution in [0.5, 0.6) is 5.75 Å². The molecular formula is C14H16N4O3. The summed E-state index contributed by atoms with van der Waals surface area (Å²) >= 11 is 0. The van der Waals surface area contributed by atoms with Gasteiger partial charge in [-0.3, -0.25) is 10.1 Å². The van der Waals surface area contributed by atoms with Crippen molar-refractivity contribution in [2.24, 2.45) is 0 Å². The SMILES string of the molecule is CCNc1cc([N+](=O)[O-])cc(Nc2ccccc2OC)n1. The highest BCUT2D eigenvalue weighted by molar-refractivity contribution is 5.67. The maximum Gasteiger partial charge on any atom is 0.276 e. The Labute approximate surface area is 122 Å². The van der Waals surface area contributed by atoms with Crippen molar-refractivity contribution in [1.82, 2.24) is 4.98 Å². The fraction of sp³-hybridized carbons (Fsp3) is 0.214. The van der Waals surface area contributed by atoms with Gasteiger partial charge in [0.15, 0.2) is 0 Å². The van der Waals surface area contributed by atoms with E-state index in [1.54, 1.807) is 13.2 Å². The Morgan fingerprint density at radius 2 is 2.00 bits per heavy atom. The van der Waals surface area contributed by atoms with Crippen molar-refractivity contribution in [1.29, 1.82) is 0 Å². The van der Waals surface area contributed by atoms with Crippen LogP contribution in [-0.4, -0.2) is 23.6 Å². The number of aromatic nitrogens is 1. The third-order valence-electron chi connectivity index (χ3n) is 2.75. The Hall–Kier alpha value is -2.83. The molecule has 0 amide bonds. The smallest absolute Gasteiger partial charge is 0.276 e. The summed E-state index contributed by atoms with van der Waals surface area (Å²) in [5.74, 6) is 1.46. The maximum absolute atomic E-state index is 11.0. The van der Waals surface area contributed by atoms with Crippen LogP contribution in [0.15, 0.2) is 36.4 Å². The normalized spacial score (nSPS) is 10.0.